The molecule has 1 rings (SSSR count). The summed E-state index contributed by atoms with van der Waals surface area (Å²) >= 11 is 2.06. The number of phenolic OH excluding ortho intramolecular Hbond substituents is 1. The number of hydrogen-bond donors (Lipinski definition) is 1. The Hall–Kier alpha value is 0.854. The topological polar surface area (TPSA) is 20.2 Å². The standard InChI is InChI=1S/C7H6IO.Y/c1-5-2-3-6(8)7(9)4-5;/h3-4,9H,1H3;/q-1;. The molecule has 0 unspecified atom stereocenters. The summed E-state index contributed by atoms with van der Waals surface area (Å²) in [4.78, 5) is 0. The fourth-order valence-electron chi connectivity index (χ4n) is 0.567. The molecule has 1 aromatic rings. The van der Waals surface area contributed by atoms with Gasteiger partial charge in [-0.3, -0.25) is 0 Å². The Morgan fingerprint density at radius 2 is 2.20 bits per heavy atom. The van der Waals surface area contributed by atoms with E-state index < -0.39 is 0 Å². The van der Waals surface area contributed by atoms with Crippen LogP contribution in [0.5, 0.6) is 5.75 Å². The molecule has 1 nitrogen and oxygen atoms in total. The summed E-state index contributed by atoms with van der Waals surface area (Å²) in [6, 6.07) is 6.44. The van der Waals surface area contributed by atoms with Gasteiger partial charge in [-0.2, -0.15) is 17.7 Å². The van der Waals surface area contributed by atoms with Crippen LogP contribution in [0.1, 0.15) is 5.56 Å². The van der Waals surface area contributed by atoms with Gasteiger partial charge in [0.25, 0.3) is 0 Å². The summed E-state index contributed by atoms with van der Waals surface area (Å²) in [5.74, 6) is 0.340. The van der Waals surface area contributed by atoms with Crippen molar-refractivity contribution < 1.29 is 37.8 Å². The van der Waals surface area contributed by atoms with E-state index in [-0.39, 0.29) is 32.7 Å². The number of rotatable bonds is 0. The minimum atomic E-state index is 0. The number of aromatic hydroxyl groups is 1. The third-order valence-electron chi connectivity index (χ3n) is 1.02. The van der Waals surface area contributed by atoms with Gasteiger partial charge in [0.05, 0.1) is 0 Å². The van der Waals surface area contributed by atoms with Gasteiger partial charge in [0.1, 0.15) is 0 Å². The number of phenols is 1. The average molecular weight is 322 g/mol. The Kier molecular flexibility index (Phi) is 5.07. The van der Waals surface area contributed by atoms with E-state index in [9.17, 15) is 0 Å². The van der Waals surface area contributed by atoms with Crippen LogP contribution in [0.15, 0.2) is 12.1 Å². The Labute approximate surface area is 99.2 Å². The molecule has 0 heterocycles. The smallest absolute Gasteiger partial charge is 0.0215 e. The molecule has 0 amide bonds. The minimum absolute atomic E-state index is 0. The molecule has 0 bridgehead atoms. The third kappa shape index (κ3) is 2.85. The molecule has 0 aromatic heterocycles. The second-order valence-electron chi connectivity index (χ2n) is 1.85. The molecule has 3 heteroatoms. The van der Waals surface area contributed by atoms with Crippen LogP contribution in [0.3, 0.4) is 0 Å². The van der Waals surface area contributed by atoms with Crippen molar-refractivity contribution >= 4 is 22.6 Å². The zero-order chi connectivity index (χ0) is 6.85. The number of hydrogen-bond acceptors (Lipinski definition) is 1. The molecule has 0 fully saturated rings. The number of aryl methyl sites for hydroxylation is 1. The van der Waals surface area contributed by atoms with E-state index in [1.165, 1.54) is 0 Å². The maximum Gasteiger partial charge on any atom is 0.0215 e. The fourth-order valence-corrected chi connectivity index (χ4v) is 0.878. The molecule has 0 saturated heterocycles. The van der Waals surface area contributed by atoms with E-state index in [0.717, 1.165) is 9.13 Å². The molecule has 51 valence electrons. The van der Waals surface area contributed by atoms with Crippen LogP contribution in [0.2, 0.25) is 0 Å². The van der Waals surface area contributed by atoms with Gasteiger partial charge in [-0.15, -0.1) is 28.7 Å². The fraction of sp³-hybridized carbons (Fsp3) is 0.143. The van der Waals surface area contributed by atoms with Gasteiger partial charge in [0, 0.05) is 38.5 Å². The van der Waals surface area contributed by atoms with Gasteiger partial charge in [-0.25, -0.2) is 0 Å². The van der Waals surface area contributed by atoms with Crippen molar-refractivity contribution in [3.63, 3.8) is 0 Å². The van der Waals surface area contributed by atoms with Crippen molar-refractivity contribution in [2.75, 3.05) is 0 Å². The van der Waals surface area contributed by atoms with E-state index in [0.29, 0.717) is 5.75 Å². The Balaban J connectivity index is 0.000000810. The van der Waals surface area contributed by atoms with Crippen LogP contribution in [0, 0.1) is 16.6 Å². The predicted molar refractivity (Wildman–Crippen MR) is 44.4 cm³/mol. The summed E-state index contributed by atoms with van der Waals surface area (Å²) in [6.45, 7) is 1.90. The van der Waals surface area contributed by atoms with Crippen molar-refractivity contribution in [1.82, 2.24) is 0 Å². The monoisotopic (exact) mass is 322 g/mol. The predicted octanol–water partition coefficient (Wildman–Crippen LogP) is 2.10. The quantitative estimate of drug-likeness (QED) is 0.573. The third-order valence-corrected chi connectivity index (χ3v) is 1.89. The molecule has 1 aromatic carbocycles. The van der Waals surface area contributed by atoms with E-state index in [1.807, 2.05) is 6.92 Å². The Morgan fingerprint density at radius 3 is 2.60 bits per heavy atom. The van der Waals surface area contributed by atoms with Crippen molar-refractivity contribution in [3.05, 3.63) is 27.3 Å². The van der Waals surface area contributed by atoms with Gasteiger partial charge >= 0.3 is 0 Å². The molecule has 0 aliphatic heterocycles. The summed E-state index contributed by atoms with van der Waals surface area (Å²) in [5, 5.41) is 9.07. The average Bonchev–Trinajstić information content (AvgIpc) is 1.80. The number of benzene rings is 1. The Morgan fingerprint density at radius 1 is 1.60 bits per heavy atom. The first-order valence-corrected chi connectivity index (χ1v) is 3.65. The van der Waals surface area contributed by atoms with Crippen LogP contribution in [-0.4, -0.2) is 5.11 Å². The molecule has 0 saturated carbocycles. The molecule has 0 aliphatic rings. The van der Waals surface area contributed by atoms with Crippen LogP contribution < -0.4 is 0 Å². The van der Waals surface area contributed by atoms with Gasteiger partial charge < -0.3 is 5.11 Å². The van der Waals surface area contributed by atoms with E-state index >= 15 is 0 Å². The van der Waals surface area contributed by atoms with Crippen molar-refractivity contribution in [2.45, 2.75) is 6.92 Å². The minimum Gasteiger partial charge on any atom is -0.532 e. The van der Waals surface area contributed by atoms with E-state index in [2.05, 4.69) is 28.7 Å². The maximum atomic E-state index is 9.07. The second kappa shape index (κ2) is 4.68. The SMILES string of the molecule is Cc1[c-]cc(I)c(O)c1.[Y]. The van der Waals surface area contributed by atoms with Crippen LogP contribution in [-0.2, 0) is 32.7 Å². The number of halogens is 1. The van der Waals surface area contributed by atoms with E-state index in [1.54, 1.807) is 12.1 Å². The van der Waals surface area contributed by atoms with Gasteiger partial charge in [0.15, 0.2) is 0 Å². The van der Waals surface area contributed by atoms with Gasteiger partial charge in [0.2, 0.25) is 0 Å². The largest absolute Gasteiger partial charge is 0.532 e. The molecule has 0 atom stereocenters. The first kappa shape index (κ1) is 10.9. The normalized spacial score (nSPS) is 8.60. The first-order chi connectivity index (χ1) is 4.20. The molecular formula is C7H6IOY-. The van der Waals surface area contributed by atoms with Crippen molar-refractivity contribution in [1.29, 1.82) is 0 Å². The summed E-state index contributed by atoms with van der Waals surface area (Å²) in [5.41, 5.74) is 0.966. The first-order valence-electron chi connectivity index (χ1n) is 2.57. The second-order valence-corrected chi connectivity index (χ2v) is 3.01. The van der Waals surface area contributed by atoms with Gasteiger partial charge in [-0.1, -0.05) is 10.5 Å². The molecule has 0 aliphatic carbocycles. The molecule has 10 heavy (non-hydrogen) atoms. The molecular weight excluding hydrogens is 316 g/mol. The Bertz CT molecular complexity index is 225. The summed E-state index contributed by atoms with van der Waals surface area (Å²) in [6.07, 6.45) is 0. The van der Waals surface area contributed by atoms with Crippen molar-refractivity contribution in [2.24, 2.45) is 0 Å². The molecule has 0 spiro atoms. The van der Waals surface area contributed by atoms with E-state index in [4.69, 9.17) is 5.11 Å². The zero-order valence-electron chi connectivity index (χ0n) is 5.56. The summed E-state index contributed by atoms with van der Waals surface area (Å²) in [7, 11) is 0. The zero-order valence-corrected chi connectivity index (χ0v) is 10.6. The van der Waals surface area contributed by atoms with Crippen LogP contribution >= 0.6 is 22.6 Å². The molecule has 1 radical (unpaired) electrons. The van der Waals surface area contributed by atoms with Gasteiger partial charge in [-0.05, 0) is 0 Å². The van der Waals surface area contributed by atoms with Crippen molar-refractivity contribution in [3.8, 4) is 5.75 Å². The van der Waals surface area contributed by atoms with Crippen LogP contribution in [0.4, 0.5) is 0 Å². The maximum absolute atomic E-state index is 9.07. The summed E-state index contributed by atoms with van der Waals surface area (Å²) < 4.78 is 0.846. The molecule has 1 N–H and O–H groups in total. The van der Waals surface area contributed by atoms with Crippen LogP contribution in [0.25, 0.3) is 0 Å².